The fourth-order valence-electron chi connectivity index (χ4n) is 1.36. The summed E-state index contributed by atoms with van der Waals surface area (Å²) >= 11 is 5.58. The van der Waals surface area contributed by atoms with Crippen LogP contribution in [0.5, 0.6) is 0 Å². The van der Waals surface area contributed by atoms with Gasteiger partial charge >= 0.3 is 6.18 Å². The van der Waals surface area contributed by atoms with E-state index in [1.165, 1.54) is 12.4 Å². The van der Waals surface area contributed by atoms with E-state index >= 15 is 0 Å². The highest BCUT2D eigenvalue weighted by Gasteiger charge is 2.30. The van der Waals surface area contributed by atoms with Crippen LogP contribution in [0.25, 0.3) is 0 Å². The van der Waals surface area contributed by atoms with E-state index in [1.54, 1.807) is 0 Å². The van der Waals surface area contributed by atoms with Gasteiger partial charge in [-0.05, 0) is 24.3 Å². The summed E-state index contributed by atoms with van der Waals surface area (Å²) < 4.78 is 37.1. The van der Waals surface area contributed by atoms with E-state index in [9.17, 15) is 18.0 Å². The predicted molar refractivity (Wildman–Crippen MR) is 66.4 cm³/mol. The molecule has 2 rings (SSSR count). The molecule has 0 saturated heterocycles. The molecule has 1 aromatic carbocycles. The Bertz CT molecular complexity index is 611. The van der Waals surface area contributed by atoms with Gasteiger partial charge < -0.3 is 0 Å². The lowest BCUT2D eigenvalue weighted by molar-refractivity contribution is -0.137. The minimum absolute atomic E-state index is 0.0132. The van der Waals surface area contributed by atoms with Crippen LogP contribution in [0.2, 0.25) is 5.02 Å². The zero-order chi connectivity index (χ0) is 14.8. The number of amides is 1. The molecule has 0 aliphatic carbocycles. The highest BCUT2D eigenvalue weighted by atomic mass is 35.5. The maximum absolute atomic E-state index is 12.4. The molecule has 0 spiro atoms. The number of halogens is 4. The number of nitrogens with one attached hydrogen (secondary N) is 1. The van der Waals surface area contributed by atoms with Gasteiger partial charge in [-0.1, -0.05) is 11.6 Å². The second-order valence-electron chi connectivity index (χ2n) is 3.75. The normalized spacial score (nSPS) is 11.2. The number of rotatable bonds is 2. The number of carbonyl (C=O) groups is 1. The predicted octanol–water partition coefficient (Wildman–Crippen LogP) is 3.40. The maximum Gasteiger partial charge on any atom is 0.416 e. The van der Waals surface area contributed by atoms with Gasteiger partial charge in [-0.25, -0.2) is 9.97 Å². The number of hydrogen-bond acceptors (Lipinski definition) is 3. The third-order valence-electron chi connectivity index (χ3n) is 2.32. The van der Waals surface area contributed by atoms with E-state index in [2.05, 4.69) is 15.3 Å². The smallest absolute Gasteiger partial charge is 0.290 e. The van der Waals surface area contributed by atoms with Crippen LogP contribution in [0.4, 0.5) is 19.1 Å². The quantitative estimate of drug-likeness (QED) is 0.925. The number of benzene rings is 1. The fraction of sp³-hybridized carbons (Fsp3) is 0.0833. The first-order valence-corrected chi connectivity index (χ1v) is 5.70. The Morgan fingerprint density at radius 3 is 2.15 bits per heavy atom. The number of nitrogens with zero attached hydrogens (tertiary/aromatic N) is 2. The molecule has 0 saturated carbocycles. The largest absolute Gasteiger partial charge is 0.416 e. The van der Waals surface area contributed by atoms with Crippen molar-refractivity contribution in [1.29, 1.82) is 0 Å². The summed E-state index contributed by atoms with van der Waals surface area (Å²) in [5.74, 6) is -0.597. The van der Waals surface area contributed by atoms with Gasteiger partial charge in [0.1, 0.15) is 0 Å². The minimum atomic E-state index is -4.44. The lowest BCUT2D eigenvalue weighted by Crippen LogP contribution is -2.14. The summed E-state index contributed by atoms with van der Waals surface area (Å²) in [5.41, 5.74) is -0.756. The zero-order valence-electron chi connectivity index (χ0n) is 9.78. The number of anilines is 1. The van der Waals surface area contributed by atoms with Gasteiger partial charge in [-0.3, -0.25) is 10.1 Å². The lowest BCUT2D eigenvalue weighted by Gasteiger charge is -2.07. The lowest BCUT2D eigenvalue weighted by atomic mass is 10.1. The van der Waals surface area contributed by atoms with Gasteiger partial charge in [0, 0.05) is 5.56 Å². The van der Waals surface area contributed by atoms with Gasteiger partial charge in [-0.2, -0.15) is 13.2 Å². The fourth-order valence-corrected chi connectivity index (χ4v) is 1.46. The Morgan fingerprint density at radius 2 is 1.65 bits per heavy atom. The van der Waals surface area contributed by atoms with Crippen LogP contribution in [0, 0.1) is 0 Å². The van der Waals surface area contributed by atoms with Gasteiger partial charge in [-0.15, -0.1) is 0 Å². The monoisotopic (exact) mass is 301 g/mol. The Morgan fingerprint density at radius 1 is 1.10 bits per heavy atom. The molecule has 104 valence electrons. The summed E-state index contributed by atoms with van der Waals surface area (Å²) in [7, 11) is 0. The molecule has 8 heteroatoms. The van der Waals surface area contributed by atoms with Crippen molar-refractivity contribution in [3.05, 3.63) is 52.8 Å². The molecule has 0 aliphatic rings. The van der Waals surface area contributed by atoms with Crippen LogP contribution in [-0.4, -0.2) is 15.9 Å². The first-order valence-electron chi connectivity index (χ1n) is 5.32. The van der Waals surface area contributed by atoms with Crippen molar-refractivity contribution >= 4 is 23.5 Å². The molecule has 0 fully saturated rings. The van der Waals surface area contributed by atoms with E-state index in [-0.39, 0.29) is 11.5 Å². The summed E-state index contributed by atoms with van der Waals surface area (Å²) in [4.78, 5) is 19.2. The molecule has 20 heavy (non-hydrogen) atoms. The molecule has 2 aromatic rings. The van der Waals surface area contributed by atoms with Crippen molar-refractivity contribution in [3.63, 3.8) is 0 Å². The Hall–Kier alpha value is -2.15. The summed E-state index contributed by atoms with van der Waals surface area (Å²) in [6, 6.07) is 3.82. The van der Waals surface area contributed by atoms with E-state index in [1.807, 2.05) is 0 Å². The standard InChI is InChI=1S/C12H7ClF3N3O/c13-9-5-17-11(18-6-9)19-10(20)7-1-3-8(4-2-7)12(14,15)16/h1-6H,(H,17,18,19,20). The van der Waals surface area contributed by atoms with Crippen molar-refractivity contribution in [2.24, 2.45) is 0 Å². The number of aromatic nitrogens is 2. The van der Waals surface area contributed by atoms with Crippen molar-refractivity contribution < 1.29 is 18.0 Å². The van der Waals surface area contributed by atoms with E-state index in [4.69, 9.17) is 11.6 Å². The molecule has 1 N–H and O–H groups in total. The first-order chi connectivity index (χ1) is 9.36. The zero-order valence-corrected chi connectivity index (χ0v) is 10.5. The summed E-state index contributed by atoms with van der Waals surface area (Å²) in [6.45, 7) is 0. The molecular formula is C12H7ClF3N3O. The summed E-state index contributed by atoms with van der Waals surface area (Å²) in [6.07, 6.45) is -1.86. The minimum Gasteiger partial charge on any atom is -0.290 e. The SMILES string of the molecule is O=C(Nc1ncc(Cl)cn1)c1ccc(C(F)(F)F)cc1. The van der Waals surface area contributed by atoms with Crippen molar-refractivity contribution in [2.45, 2.75) is 6.18 Å². The molecule has 0 unspecified atom stereocenters. The first kappa shape index (κ1) is 14.3. The van der Waals surface area contributed by atoms with E-state index in [0.29, 0.717) is 5.02 Å². The van der Waals surface area contributed by atoms with Crippen LogP contribution in [-0.2, 0) is 6.18 Å². The van der Waals surface area contributed by atoms with Gasteiger partial charge in [0.15, 0.2) is 0 Å². The van der Waals surface area contributed by atoms with E-state index in [0.717, 1.165) is 24.3 Å². The molecular weight excluding hydrogens is 295 g/mol. The average molecular weight is 302 g/mol. The Kier molecular flexibility index (Phi) is 3.89. The topological polar surface area (TPSA) is 54.9 Å². The van der Waals surface area contributed by atoms with Crippen LogP contribution in [0.15, 0.2) is 36.7 Å². The third kappa shape index (κ3) is 3.45. The number of carbonyl (C=O) groups excluding carboxylic acids is 1. The van der Waals surface area contributed by atoms with Crippen molar-refractivity contribution in [1.82, 2.24) is 9.97 Å². The van der Waals surface area contributed by atoms with E-state index < -0.39 is 17.6 Å². The number of hydrogen-bond donors (Lipinski definition) is 1. The molecule has 1 aromatic heterocycles. The molecule has 4 nitrogen and oxygen atoms in total. The van der Waals surface area contributed by atoms with Crippen LogP contribution in [0.1, 0.15) is 15.9 Å². The summed E-state index contributed by atoms with van der Waals surface area (Å²) in [5, 5.41) is 2.65. The molecule has 0 aliphatic heterocycles. The molecule has 1 heterocycles. The Labute approximate surface area is 116 Å². The third-order valence-corrected chi connectivity index (χ3v) is 2.52. The highest BCUT2D eigenvalue weighted by Crippen LogP contribution is 2.29. The van der Waals surface area contributed by atoms with Crippen LogP contribution in [0.3, 0.4) is 0 Å². The maximum atomic E-state index is 12.4. The van der Waals surface area contributed by atoms with Gasteiger partial charge in [0.2, 0.25) is 5.95 Å². The highest BCUT2D eigenvalue weighted by molar-refractivity contribution is 6.30. The van der Waals surface area contributed by atoms with Crippen LogP contribution < -0.4 is 5.32 Å². The number of alkyl halides is 3. The second-order valence-corrected chi connectivity index (χ2v) is 4.19. The van der Waals surface area contributed by atoms with Crippen molar-refractivity contribution in [2.75, 3.05) is 5.32 Å². The van der Waals surface area contributed by atoms with Crippen molar-refractivity contribution in [3.8, 4) is 0 Å². The second kappa shape index (κ2) is 5.46. The van der Waals surface area contributed by atoms with Crippen LogP contribution >= 0.6 is 11.6 Å². The van der Waals surface area contributed by atoms with Gasteiger partial charge in [0.25, 0.3) is 5.91 Å². The van der Waals surface area contributed by atoms with Gasteiger partial charge in [0.05, 0.1) is 23.0 Å². The molecule has 0 bridgehead atoms. The molecule has 0 radical (unpaired) electrons. The average Bonchev–Trinajstić information content (AvgIpc) is 2.40. The Balaban J connectivity index is 2.11. The molecule has 1 amide bonds. The molecule has 0 atom stereocenters.